The fraction of sp³-hybridized carbons (Fsp3) is 0.111. The standard InChI is InChI=1S/C18H16N4O2/c1-24-13-7-8-14-15(9-13)22-16(19)10-17(23)21(18(22)20-14)11-12-5-3-2-4-6-12/h2-10H,11,19H2,1H3. The average Bonchev–Trinajstić information content (AvgIpc) is 2.98. The van der Waals surface area contributed by atoms with Crippen LogP contribution in [0.4, 0.5) is 5.82 Å². The Balaban J connectivity index is 2.01. The van der Waals surface area contributed by atoms with Crippen molar-refractivity contribution in [1.29, 1.82) is 0 Å². The van der Waals surface area contributed by atoms with Gasteiger partial charge in [-0.15, -0.1) is 0 Å². The molecule has 0 radical (unpaired) electrons. The molecule has 0 saturated heterocycles. The highest BCUT2D eigenvalue weighted by molar-refractivity contribution is 5.82. The van der Waals surface area contributed by atoms with E-state index in [1.807, 2.05) is 48.5 Å². The zero-order valence-corrected chi connectivity index (χ0v) is 13.1. The first kappa shape index (κ1) is 14.3. The second-order valence-electron chi connectivity index (χ2n) is 5.58. The number of fused-ring (bicyclic) bond motifs is 3. The molecule has 6 nitrogen and oxygen atoms in total. The molecule has 0 fully saturated rings. The Bertz CT molecular complexity index is 1100. The summed E-state index contributed by atoms with van der Waals surface area (Å²) in [5.41, 5.74) is 8.51. The third kappa shape index (κ3) is 2.20. The van der Waals surface area contributed by atoms with Crippen LogP contribution in [0.15, 0.2) is 59.4 Å². The van der Waals surface area contributed by atoms with E-state index in [2.05, 4.69) is 4.98 Å². The van der Waals surface area contributed by atoms with Crippen molar-refractivity contribution < 1.29 is 4.74 Å². The number of benzene rings is 2. The highest BCUT2D eigenvalue weighted by atomic mass is 16.5. The SMILES string of the molecule is COc1ccc2nc3n(Cc4ccccc4)c(=O)cc(N)n3c2c1. The first-order chi connectivity index (χ1) is 11.7. The summed E-state index contributed by atoms with van der Waals surface area (Å²) in [7, 11) is 1.61. The second-order valence-corrected chi connectivity index (χ2v) is 5.58. The van der Waals surface area contributed by atoms with Gasteiger partial charge in [0, 0.05) is 12.1 Å². The van der Waals surface area contributed by atoms with Gasteiger partial charge in [-0.25, -0.2) is 4.98 Å². The lowest BCUT2D eigenvalue weighted by Gasteiger charge is -2.09. The summed E-state index contributed by atoms with van der Waals surface area (Å²) in [4.78, 5) is 17.1. The number of rotatable bonds is 3. The third-order valence-corrected chi connectivity index (χ3v) is 4.06. The quantitative estimate of drug-likeness (QED) is 0.628. The lowest BCUT2D eigenvalue weighted by molar-refractivity contribution is 0.415. The van der Waals surface area contributed by atoms with Crippen LogP contribution in [-0.2, 0) is 6.54 Å². The number of methoxy groups -OCH3 is 1. The molecule has 4 rings (SSSR count). The van der Waals surface area contributed by atoms with Gasteiger partial charge in [-0.2, -0.15) is 0 Å². The van der Waals surface area contributed by atoms with E-state index in [0.29, 0.717) is 23.9 Å². The Morgan fingerprint density at radius 2 is 1.92 bits per heavy atom. The molecule has 0 aliphatic rings. The third-order valence-electron chi connectivity index (χ3n) is 4.06. The number of ether oxygens (including phenoxy) is 1. The van der Waals surface area contributed by atoms with Gasteiger partial charge in [0.1, 0.15) is 11.6 Å². The Morgan fingerprint density at radius 3 is 2.67 bits per heavy atom. The Morgan fingerprint density at radius 1 is 1.12 bits per heavy atom. The lowest BCUT2D eigenvalue weighted by Crippen LogP contribution is -2.23. The number of nitrogens with zero attached hydrogens (tertiary/aromatic N) is 3. The van der Waals surface area contributed by atoms with E-state index in [4.69, 9.17) is 10.5 Å². The van der Waals surface area contributed by atoms with E-state index >= 15 is 0 Å². The summed E-state index contributed by atoms with van der Waals surface area (Å²) in [5.74, 6) is 1.59. The van der Waals surface area contributed by atoms with Gasteiger partial charge in [-0.3, -0.25) is 13.8 Å². The van der Waals surface area contributed by atoms with Gasteiger partial charge in [0.2, 0.25) is 5.78 Å². The highest BCUT2D eigenvalue weighted by Gasteiger charge is 2.14. The minimum Gasteiger partial charge on any atom is -0.497 e. The number of nitrogens with two attached hydrogens (primary N) is 1. The summed E-state index contributed by atoms with van der Waals surface area (Å²) in [6.07, 6.45) is 0. The molecule has 2 N–H and O–H groups in total. The van der Waals surface area contributed by atoms with E-state index < -0.39 is 0 Å². The van der Waals surface area contributed by atoms with Crippen LogP contribution in [0.5, 0.6) is 5.75 Å². The fourth-order valence-corrected chi connectivity index (χ4v) is 2.89. The molecule has 0 saturated carbocycles. The minimum absolute atomic E-state index is 0.175. The monoisotopic (exact) mass is 320 g/mol. The van der Waals surface area contributed by atoms with Gasteiger partial charge in [-0.05, 0) is 17.7 Å². The van der Waals surface area contributed by atoms with Crippen molar-refractivity contribution >= 4 is 22.6 Å². The molecule has 0 spiro atoms. The van der Waals surface area contributed by atoms with Crippen molar-refractivity contribution in [2.75, 3.05) is 12.8 Å². The molecule has 120 valence electrons. The predicted molar refractivity (Wildman–Crippen MR) is 93.5 cm³/mol. The van der Waals surface area contributed by atoms with Crippen molar-refractivity contribution in [2.24, 2.45) is 0 Å². The molecule has 0 atom stereocenters. The maximum atomic E-state index is 12.5. The Kier molecular flexibility index (Phi) is 3.23. The summed E-state index contributed by atoms with van der Waals surface area (Å²) in [6, 6.07) is 16.8. The van der Waals surface area contributed by atoms with Crippen molar-refractivity contribution in [1.82, 2.24) is 14.0 Å². The number of anilines is 1. The van der Waals surface area contributed by atoms with E-state index in [1.54, 1.807) is 16.1 Å². The van der Waals surface area contributed by atoms with Crippen LogP contribution in [0.2, 0.25) is 0 Å². The molecule has 0 bridgehead atoms. The smallest absolute Gasteiger partial charge is 0.257 e. The maximum Gasteiger partial charge on any atom is 0.257 e. The molecule has 6 heteroatoms. The zero-order valence-electron chi connectivity index (χ0n) is 13.1. The Hall–Kier alpha value is -3.28. The van der Waals surface area contributed by atoms with Crippen LogP contribution in [0.1, 0.15) is 5.56 Å². The molecule has 2 heterocycles. The van der Waals surface area contributed by atoms with Crippen molar-refractivity contribution in [3.05, 3.63) is 70.5 Å². The van der Waals surface area contributed by atoms with Crippen LogP contribution < -0.4 is 16.0 Å². The van der Waals surface area contributed by atoms with Crippen molar-refractivity contribution in [3.8, 4) is 5.75 Å². The second kappa shape index (κ2) is 5.42. The maximum absolute atomic E-state index is 12.5. The van der Waals surface area contributed by atoms with Crippen LogP contribution in [0, 0.1) is 0 Å². The van der Waals surface area contributed by atoms with Gasteiger partial charge in [0.25, 0.3) is 5.56 Å². The summed E-state index contributed by atoms with van der Waals surface area (Å²) < 4.78 is 8.68. The largest absolute Gasteiger partial charge is 0.497 e. The van der Waals surface area contributed by atoms with Gasteiger partial charge in [0.15, 0.2) is 0 Å². The molecular weight excluding hydrogens is 304 g/mol. The number of imidazole rings is 1. The molecular formula is C18H16N4O2. The number of hydrogen-bond acceptors (Lipinski definition) is 4. The van der Waals surface area contributed by atoms with Gasteiger partial charge in [0.05, 0.1) is 24.7 Å². The number of nitrogen functional groups attached to an aromatic ring is 1. The average molecular weight is 320 g/mol. The molecule has 0 aliphatic carbocycles. The number of aromatic nitrogens is 3. The normalized spacial score (nSPS) is 11.2. The molecule has 2 aromatic heterocycles. The summed E-state index contributed by atoms with van der Waals surface area (Å²) >= 11 is 0. The van der Waals surface area contributed by atoms with Crippen LogP contribution in [0.3, 0.4) is 0 Å². The van der Waals surface area contributed by atoms with E-state index in [-0.39, 0.29) is 5.56 Å². The first-order valence-corrected chi connectivity index (χ1v) is 7.57. The number of hydrogen-bond donors (Lipinski definition) is 1. The fourth-order valence-electron chi connectivity index (χ4n) is 2.89. The van der Waals surface area contributed by atoms with E-state index in [9.17, 15) is 4.79 Å². The molecule has 0 amide bonds. The van der Waals surface area contributed by atoms with Gasteiger partial charge >= 0.3 is 0 Å². The molecule has 0 unspecified atom stereocenters. The topological polar surface area (TPSA) is 74.5 Å². The van der Waals surface area contributed by atoms with Crippen molar-refractivity contribution in [2.45, 2.75) is 6.54 Å². The minimum atomic E-state index is -0.175. The molecule has 24 heavy (non-hydrogen) atoms. The van der Waals surface area contributed by atoms with Crippen molar-refractivity contribution in [3.63, 3.8) is 0 Å². The predicted octanol–water partition coefficient (Wildman–Crippen LogP) is 2.29. The van der Waals surface area contributed by atoms with Gasteiger partial charge in [-0.1, -0.05) is 30.3 Å². The lowest BCUT2D eigenvalue weighted by atomic mass is 10.2. The van der Waals surface area contributed by atoms with Crippen LogP contribution in [-0.4, -0.2) is 21.1 Å². The molecule has 0 aliphatic heterocycles. The van der Waals surface area contributed by atoms with Crippen LogP contribution in [0.25, 0.3) is 16.8 Å². The molecule has 4 aromatic rings. The summed E-state index contributed by atoms with van der Waals surface area (Å²) in [5, 5.41) is 0. The highest BCUT2D eigenvalue weighted by Crippen LogP contribution is 2.23. The summed E-state index contributed by atoms with van der Waals surface area (Å²) in [6.45, 7) is 0.434. The first-order valence-electron chi connectivity index (χ1n) is 7.57. The Labute approximate surface area is 137 Å². The van der Waals surface area contributed by atoms with E-state index in [1.165, 1.54) is 6.07 Å². The van der Waals surface area contributed by atoms with E-state index in [0.717, 1.165) is 16.6 Å². The van der Waals surface area contributed by atoms with Gasteiger partial charge < -0.3 is 10.5 Å². The molecule has 2 aromatic carbocycles. The zero-order chi connectivity index (χ0) is 16.7. The van der Waals surface area contributed by atoms with Crippen LogP contribution >= 0.6 is 0 Å².